The molecule has 3 rings (SSSR count). The summed E-state index contributed by atoms with van der Waals surface area (Å²) in [6.45, 7) is 2.11. The molecule has 0 saturated carbocycles. The zero-order valence-corrected chi connectivity index (χ0v) is 16.0. The fourth-order valence-corrected chi connectivity index (χ4v) is 3.22. The standard InChI is InChI=1S/C21H20F3N3O2/c1-3-12-26(13-21(22,23)24)19(28)15-8-10-16(11-9-15)27-14(2)25-18-7-5-4-6-17(18)20(27)29/h4-11H,3,12-13H2,1-2H3. The molecule has 2 aromatic carbocycles. The number of aryl methyl sites for hydroxylation is 1. The SMILES string of the molecule is CCCN(CC(F)(F)F)C(=O)c1ccc(-n2c(C)nc3ccccc3c2=O)cc1. The van der Waals surface area contributed by atoms with Gasteiger partial charge in [-0.25, -0.2) is 4.98 Å². The number of hydrogen-bond acceptors (Lipinski definition) is 3. The van der Waals surface area contributed by atoms with Gasteiger partial charge in [0.1, 0.15) is 12.4 Å². The first-order valence-electron chi connectivity index (χ1n) is 9.16. The van der Waals surface area contributed by atoms with E-state index < -0.39 is 18.6 Å². The van der Waals surface area contributed by atoms with Crippen LogP contribution >= 0.6 is 0 Å². The molecule has 0 radical (unpaired) electrons. The van der Waals surface area contributed by atoms with Gasteiger partial charge in [0, 0.05) is 12.1 Å². The van der Waals surface area contributed by atoms with E-state index >= 15 is 0 Å². The molecule has 0 saturated heterocycles. The number of hydrogen-bond donors (Lipinski definition) is 0. The highest BCUT2D eigenvalue weighted by molar-refractivity contribution is 5.94. The lowest BCUT2D eigenvalue weighted by Gasteiger charge is -2.23. The highest BCUT2D eigenvalue weighted by Crippen LogP contribution is 2.19. The molecule has 3 aromatic rings. The summed E-state index contributed by atoms with van der Waals surface area (Å²) < 4.78 is 39.7. The maximum absolute atomic E-state index is 12.8. The smallest absolute Gasteiger partial charge is 0.330 e. The molecule has 0 N–H and O–H groups in total. The Hall–Kier alpha value is -3.16. The first-order chi connectivity index (χ1) is 13.7. The monoisotopic (exact) mass is 403 g/mol. The summed E-state index contributed by atoms with van der Waals surface area (Å²) >= 11 is 0. The third-order valence-electron chi connectivity index (χ3n) is 4.47. The molecule has 0 bridgehead atoms. The van der Waals surface area contributed by atoms with Crippen molar-refractivity contribution >= 4 is 16.8 Å². The fourth-order valence-electron chi connectivity index (χ4n) is 3.22. The van der Waals surface area contributed by atoms with Crippen LogP contribution < -0.4 is 5.56 Å². The minimum Gasteiger partial charge on any atom is -0.330 e. The molecular formula is C21H20F3N3O2. The van der Waals surface area contributed by atoms with Gasteiger partial charge in [-0.05, 0) is 49.7 Å². The number of para-hydroxylation sites is 1. The summed E-state index contributed by atoms with van der Waals surface area (Å²) in [5, 5.41) is 0.456. The fraction of sp³-hybridized carbons (Fsp3) is 0.286. The normalized spacial score (nSPS) is 11.6. The second-order valence-corrected chi connectivity index (χ2v) is 6.71. The van der Waals surface area contributed by atoms with Crippen LogP contribution in [0, 0.1) is 6.92 Å². The van der Waals surface area contributed by atoms with E-state index in [0.29, 0.717) is 28.8 Å². The third kappa shape index (κ3) is 4.47. The van der Waals surface area contributed by atoms with Gasteiger partial charge < -0.3 is 4.90 Å². The van der Waals surface area contributed by atoms with Crippen LogP contribution in [0.1, 0.15) is 29.5 Å². The van der Waals surface area contributed by atoms with E-state index in [1.165, 1.54) is 28.8 Å². The predicted molar refractivity (Wildman–Crippen MR) is 104 cm³/mol. The van der Waals surface area contributed by atoms with Crippen molar-refractivity contribution in [2.45, 2.75) is 26.4 Å². The average Bonchev–Trinajstić information content (AvgIpc) is 2.67. The van der Waals surface area contributed by atoms with Crippen LogP contribution in [0.5, 0.6) is 0 Å². The molecule has 0 aliphatic rings. The van der Waals surface area contributed by atoms with Gasteiger partial charge in [0.2, 0.25) is 0 Å². The molecular weight excluding hydrogens is 383 g/mol. The molecule has 5 nitrogen and oxygen atoms in total. The summed E-state index contributed by atoms with van der Waals surface area (Å²) in [6, 6.07) is 12.9. The lowest BCUT2D eigenvalue weighted by Crippen LogP contribution is -2.39. The van der Waals surface area contributed by atoms with Crippen LogP contribution in [-0.4, -0.2) is 39.6 Å². The van der Waals surface area contributed by atoms with Gasteiger partial charge in [0.15, 0.2) is 0 Å². The maximum atomic E-state index is 12.8. The second kappa shape index (κ2) is 8.06. The molecule has 0 atom stereocenters. The van der Waals surface area contributed by atoms with E-state index in [4.69, 9.17) is 0 Å². The molecule has 29 heavy (non-hydrogen) atoms. The van der Waals surface area contributed by atoms with Gasteiger partial charge >= 0.3 is 6.18 Å². The number of carbonyl (C=O) groups excluding carboxylic acids is 1. The number of amides is 1. The minimum atomic E-state index is -4.47. The van der Waals surface area contributed by atoms with Crippen molar-refractivity contribution in [3.63, 3.8) is 0 Å². The van der Waals surface area contributed by atoms with Gasteiger partial charge in [-0.15, -0.1) is 0 Å². The number of benzene rings is 2. The van der Waals surface area contributed by atoms with Gasteiger partial charge in [0.05, 0.1) is 16.6 Å². The van der Waals surface area contributed by atoms with Crippen LogP contribution in [0.25, 0.3) is 16.6 Å². The minimum absolute atomic E-state index is 0.00720. The third-order valence-corrected chi connectivity index (χ3v) is 4.47. The van der Waals surface area contributed by atoms with Gasteiger partial charge in [-0.1, -0.05) is 19.1 Å². The highest BCUT2D eigenvalue weighted by atomic mass is 19.4. The Labute approximate surface area is 165 Å². The average molecular weight is 403 g/mol. The highest BCUT2D eigenvalue weighted by Gasteiger charge is 2.33. The largest absolute Gasteiger partial charge is 0.406 e. The van der Waals surface area contributed by atoms with Crippen LogP contribution in [0.2, 0.25) is 0 Å². The van der Waals surface area contributed by atoms with Crippen LogP contribution in [0.3, 0.4) is 0 Å². The van der Waals surface area contributed by atoms with Gasteiger partial charge in [0.25, 0.3) is 11.5 Å². The van der Waals surface area contributed by atoms with Crippen molar-refractivity contribution in [1.82, 2.24) is 14.5 Å². The maximum Gasteiger partial charge on any atom is 0.406 e. The molecule has 0 fully saturated rings. The molecule has 0 spiro atoms. The molecule has 1 aromatic heterocycles. The molecule has 152 valence electrons. The summed E-state index contributed by atoms with van der Waals surface area (Å²) in [5.41, 5.74) is 0.948. The summed E-state index contributed by atoms with van der Waals surface area (Å²) in [5.74, 6) is -0.228. The van der Waals surface area contributed by atoms with Crippen molar-refractivity contribution in [3.05, 3.63) is 70.3 Å². The molecule has 0 aliphatic carbocycles. The number of alkyl halides is 3. The molecule has 0 unspecified atom stereocenters. The molecule has 0 aliphatic heterocycles. The number of halogens is 3. The number of carbonyl (C=O) groups is 1. The predicted octanol–water partition coefficient (Wildman–Crippen LogP) is 4.11. The molecule has 8 heteroatoms. The van der Waals surface area contributed by atoms with Crippen LogP contribution in [0.15, 0.2) is 53.3 Å². The van der Waals surface area contributed by atoms with Crippen molar-refractivity contribution < 1.29 is 18.0 Å². The summed E-state index contributed by atoms with van der Waals surface area (Å²) in [6.07, 6.45) is -4.05. The zero-order chi connectivity index (χ0) is 21.2. The Bertz CT molecular complexity index is 1090. The zero-order valence-electron chi connectivity index (χ0n) is 16.0. The van der Waals surface area contributed by atoms with Crippen molar-refractivity contribution in [3.8, 4) is 5.69 Å². The summed E-state index contributed by atoms with van der Waals surface area (Å²) in [7, 11) is 0. The Balaban J connectivity index is 1.95. The van der Waals surface area contributed by atoms with E-state index in [1.807, 2.05) is 0 Å². The van der Waals surface area contributed by atoms with Crippen molar-refractivity contribution in [1.29, 1.82) is 0 Å². The van der Waals surface area contributed by atoms with E-state index in [2.05, 4.69) is 4.98 Å². The van der Waals surface area contributed by atoms with Crippen molar-refractivity contribution in [2.24, 2.45) is 0 Å². The first kappa shape index (κ1) is 20.6. The quantitative estimate of drug-likeness (QED) is 0.644. The van der Waals surface area contributed by atoms with E-state index in [9.17, 15) is 22.8 Å². The lowest BCUT2D eigenvalue weighted by atomic mass is 10.1. The van der Waals surface area contributed by atoms with Crippen LogP contribution in [-0.2, 0) is 0 Å². The molecule has 1 heterocycles. The van der Waals surface area contributed by atoms with E-state index in [-0.39, 0.29) is 17.7 Å². The van der Waals surface area contributed by atoms with Crippen molar-refractivity contribution in [2.75, 3.05) is 13.1 Å². The first-order valence-corrected chi connectivity index (χ1v) is 9.16. The van der Waals surface area contributed by atoms with E-state index in [0.717, 1.165) is 4.90 Å². The molecule has 1 amide bonds. The Morgan fingerprint density at radius 1 is 1.10 bits per heavy atom. The van der Waals surface area contributed by atoms with Gasteiger partial charge in [-0.3, -0.25) is 14.2 Å². The number of fused-ring (bicyclic) bond motifs is 1. The lowest BCUT2D eigenvalue weighted by molar-refractivity contribution is -0.140. The topological polar surface area (TPSA) is 55.2 Å². The Morgan fingerprint density at radius 3 is 2.38 bits per heavy atom. The number of rotatable bonds is 5. The van der Waals surface area contributed by atoms with Crippen LogP contribution in [0.4, 0.5) is 13.2 Å². The number of aromatic nitrogens is 2. The Kier molecular flexibility index (Phi) is 5.72. The van der Waals surface area contributed by atoms with E-state index in [1.54, 1.807) is 38.1 Å². The second-order valence-electron chi connectivity index (χ2n) is 6.71. The summed E-state index contributed by atoms with van der Waals surface area (Å²) in [4.78, 5) is 30.6. The van der Waals surface area contributed by atoms with Gasteiger partial charge in [-0.2, -0.15) is 13.2 Å². The number of nitrogens with zero attached hydrogens (tertiary/aromatic N) is 3. The Morgan fingerprint density at radius 2 is 1.76 bits per heavy atom.